The number of unbranched alkanes of at least 4 members (excludes halogenated alkanes) is 1. The Balaban J connectivity index is 4.63. The minimum Gasteiger partial charge on any atom is -0.458 e. The number of carbonyl (C=O) groups is 2. The van der Waals surface area contributed by atoms with Gasteiger partial charge >= 0.3 is 12.1 Å². The van der Waals surface area contributed by atoms with Gasteiger partial charge in [0.05, 0.1) is 0 Å². The van der Waals surface area contributed by atoms with Gasteiger partial charge in [-0.3, -0.25) is 0 Å². The first-order valence-corrected chi connectivity index (χ1v) is 7.17. The number of amides is 1. The lowest BCUT2D eigenvalue weighted by Crippen LogP contribution is -2.46. The summed E-state index contributed by atoms with van der Waals surface area (Å²) in [4.78, 5) is 23.8. The maximum Gasteiger partial charge on any atom is 0.408 e. The van der Waals surface area contributed by atoms with E-state index in [2.05, 4.69) is 5.32 Å². The molecule has 0 bridgehead atoms. The first-order chi connectivity index (χ1) is 8.94. The van der Waals surface area contributed by atoms with Crippen molar-refractivity contribution >= 4 is 12.1 Å². The molecule has 20 heavy (non-hydrogen) atoms. The second kappa shape index (κ2) is 7.50. The fraction of sp³-hybridized carbons (Fsp3) is 0.867. The molecule has 5 heteroatoms. The number of rotatable bonds is 5. The lowest BCUT2D eigenvalue weighted by molar-refractivity contribution is -0.157. The zero-order valence-electron chi connectivity index (χ0n) is 13.8. The molecule has 0 unspecified atom stereocenters. The highest BCUT2D eigenvalue weighted by Gasteiger charge is 2.28. The van der Waals surface area contributed by atoms with Crippen LogP contribution in [0.1, 0.15) is 67.7 Å². The zero-order chi connectivity index (χ0) is 16.0. The molecule has 1 amide bonds. The lowest BCUT2D eigenvalue weighted by Gasteiger charge is -2.26. The predicted molar refractivity (Wildman–Crippen MR) is 78.5 cm³/mol. The van der Waals surface area contributed by atoms with Crippen molar-refractivity contribution in [3.8, 4) is 0 Å². The Morgan fingerprint density at radius 2 is 1.50 bits per heavy atom. The van der Waals surface area contributed by atoms with Crippen molar-refractivity contribution in [3.63, 3.8) is 0 Å². The van der Waals surface area contributed by atoms with Crippen LogP contribution in [0.15, 0.2) is 0 Å². The Bertz CT molecular complexity index is 326. The Morgan fingerprint density at radius 1 is 1.00 bits per heavy atom. The van der Waals surface area contributed by atoms with Crippen LogP contribution in [0.25, 0.3) is 0 Å². The van der Waals surface area contributed by atoms with E-state index >= 15 is 0 Å². The minimum absolute atomic E-state index is 0.420. The number of hydrogen-bond acceptors (Lipinski definition) is 4. The van der Waals surface area contributed by atoms with Crippen LogP contribution in [-0.4, -0.2) is 29.3 Å². The van der Waals surface area contributed by atoms with Crippen molar-refractivity contribution in [2.24, 2.45) is 0 Å². The van der Waals surface area contributed by atoms with Crippen LogP contribution in [0.3, 0.4) is 0 Å². The Kier molecular flexibility index (Phi) is 7.03. The maximum absolute atomic E-state index is 12.1. The SMILES string of the molecule is CCCC[C@H](NC(=O)OC(C)(C)C)C(=O)OC(C)(C)C. The van der Waals surface area contributed by atoms with Crippen LogP contribution in [0.2, 0.25) is 0 Å². The second-order valence-electron chi connectivity index (χ2n) is 6.87. The van der Waals surface area contributed by atoms with Crippen LogP contribution >= 0.6 is 0 Å². The number of alkyl carbamates (subject to hydrolysis) is 1. The van der Waals surface area contributed by atoms with Gasteiger partial charge in [0.2, 0.25) is 0 Å². The topological polar surface area (TPSA) is 64.6 Å². The van der Waals surface area contributed by atoms with E-state index in [0.29, 0.717) is 6.42 Å². The third-order valence-electron chi connectivity index (χ3n) is 2.23. The average molecular weight is 287 g/mol. The monoisotopic (exact) mass is 287 g/mol. The van der Waals surface area contributed by atoms with Gasteiger partial charge in [-0.2, -0.15) is 0 Å². The molecule has 5 nitrogen and oxygen atoms in total. The largest absolute Gasteiger partial charge is 0.458 e. The van der Waals surface area contributed by atoms with Crippen LogP contribution < -0.4 is 5.32 Å². The second-order valence-corrected chi connectivity index (χ2v) is 6.87. The Labute approximate surface area is 122 Å². The summed E-state index contributed by atoms with van der Waals surface area (Å²) in [7, 11) is 0. The molecule has 0 aliphatic heterocycles. The first kappa shape index (κ1) is 18.7. The number of carbonyl (C=O) groups excluding carboxylic acids is 2. The van der Waals surface area contributed by atoms with E-state index < -0.39 is 29.3 Å². The van der Waals surface area contributed by atoms with Gasteiger partial charge in [-0.1, -0.05) is 19.8 Å². The quantitative estimate of drug-likeness (QED) is 0.787. The molecule has 118 valence electrons. The number of hydrogen-bond donors (Lipinski definition) is 1. The molecular weight excluding hydrogens is 258 g/mol. The highest BCUT2D eigenvalue weighted by Crippen LogP contribution is 2.13. The van der Waals surface area contributed by atoms with Gasteiger partial charge in [0.1, 0.15) is 17.2 Å². The average Bonchev–Trinajstić information content (AvgIpc) is 2.18. The van der Waals surface area contributed by atoms with E-state index in [-0.39, 0.29) is 0 Å². The van der Waals surface area contributed by atoms with E-state index in [9.17, 15) is 9.59 Å². The van der Waals surface area contributed by atoms with Crippen molar-refractivity contribution in [1.29, 1.82) is 0 Å². The van der Waals surface area contributed by atoms with Gasteiger partial charge in [0, 0.05) is 0 Å². The molecule has 1 N–H and O–H groups in total. The summed E-state index contributed by atoms with van der Waals surface area (Å²) in [5, 5.41) is 2.60. The summed E-state index contributed by atoms with van der Waals surface area (Å²) in [6, 6.07) is -0.663. The summed E-state index contributed by atoms with van der Waals surface area (Å²) in [5.41, 5.74) is -1.16. The summed E-state index contributed by atoms with van der Waals surface area (Å²) in [5.74, 6) is -0.420. The maximum atomic E-state index is 12.1. The van der Waals surface area contributed by atoms with E-state index in [4.69, 9.17) is 9.47 Å². The molecule has 0 spiro atoms. The van der Waals surface area contributed by atoms with E-state index in [1.807, 2.05) is 6.92 Å². The van der Waals surface area contributed by atoms with Gasteiger partial charge in [0.25, 0.3) is 0 Å². The van der Waals surface area contributed by atoms with Crippen molar-refractivity contribution in [2.75, 3.05) is 0 Å². The smallest absolute Gasteiger partial charge is 0.408 e. The molecule has 0 aliphatic rings. The van der Waals surface area contributed by atoms with Gasteiger partial charge in [0.15, 0.2) is 0 Å². The van der Waals surface area contributed by atoms with Gasteiger partial charge in [-0.15, -0.1) is 0 Å². The minimum atomic E-state index is -0.663. The van der Waals surface area contributed by atoms with Gasteiger partial charge < -0.3 is 14.8 Å². The lowest BCUT2D eigenvalue weighted by atomic mass is 10.1. The molecule has 0 saturated carbocycles. The van der Waals surface area contributed by atoms with Gasteiger partial charge in [-0.25, -0.2) is 9.59 Å². The fourth-order valence-corrected chi connectivity index (χ4v) is 1.48. The van der Waals surface area contributed by atoms with E-state index in [1.165, 1.54) is 0 Å². The number of nitrogens with one attached hydrogen (secondary N) is 1. The van der Waals surface area contributed by atoms with Crippen molar-refractivity contribution in [3.05, 3.63) is 0 Å². The van der Waals surface area contributed by atoms with Crippen molar-refractivity contribution in [2.45, 2.75) is 85.0 Å². The number of esters is 1. The summed E-state index contributed by atoms with van der Waals surface area (Å²) >= 11 is 0. The molecule has 0 aromatic rings. The summed E-state index contributed by atoms with van der Waals surface area (Å²) in [6.07, 6.45) is 1.73. The van der Waals surface area contributed by atoms with Gasteiger partial charge in [-0.05, 0) is 48.0 Å². The first-order valence-electron chi connectivity index (χ1n) is 7.17. The molecule has 1 atom stereocenters. The molecule has 0 aromatic heterocycles. The molecule has 0 saturated heterocycles. The molecule has 0 rings (SSSR count). The fourth-order valence-electron chi connectivity index (χ4n) is 1.48. The van der Waals surface area contributed by atoms with Crippen molar-refractivity contribution < 1.29 is 19.1 Å². The summed E-state index contributed by atoms with van der Waals surface area (Å²) < 4.78 is 10.5. The van der Waals surface area contributed by atoms with E-state index in [1.54, 1.807) is 41.5 Å². The molecule has 0 heterocycles. The third kappa shape index (κ3) is 9.64. The molecular formula is C15H29NO4. The molecule has 0 aliphatic carbocycles. The van der Waals surface area contributed by atoms with E-state index in [0.717, 1.165) is 12.8 Å². The standard InChI is InChI=1S/C15H29NO4/c1-8-9-10-11(12(17)19-14(2,3)4)16-13(18)20-15(5,6)7/h11H,8-10H2,1-7H3,(H,16,18)/t11-/m0/s1. The Morgan fingerprint density at radius 3 is 1.90 bits per heavy atom. The van der Waals surface area contributed by atoms with Crippen LogP contribution in [0, 0.1) is 0 Å². The van der Waals surface area contributed by atoms with Crippen LogP contribution in [-0.2, 0) is 14.3 Å². The predicted octanol–water partition coefficient (Wildman–Crippen LogP) is 3.41. The third-order valence-corrected chi connectivity index (χ3v) is 2.23. The summed E-state index contributed by atoms with van der Waals surface area (Å²) in [6.45, 7) is 12.8. The highest BCUT2D eigenvalue weighted by atomic mass is 16.6. The normalized spacial score (nSPS) is 13.6. The number of ether oxygens (including phenoxy) is 2. The van der Waals surface area contributed by atoms with Crippen molar-refractivity contribution in [1.82, 2.24) is 5.32 Å². The highest BCUT2D eigenvalue weighted by molar-refractivity contribution is 5.81. The Hall–Kier alpha value is -1.26. The molecule has 0 radical (unpaired) electrons. The molecule has 0 aromatic carbocycles. The van der Waals surface area contributed by atoms with Crippen LogP contribution in [0.4, 0.5) is 4.79 Å². The molecule has 0 fully saturated rings. The van der Waals surface area contributed by atoms with Crippen LogP contribution in [0.5, 0.6) is 0 Å². The zero-order valence-corrected chi connectivity index (χ0v) is 13.8.